The minimum absolute atomic E-state index is 0.0278. The summed E-state index contributed by atoms with van der Waals surface area (Å²) in [5, 5.41) is 11.6. The number of carbonyl (C=O) groups is 2. The lowest BCUT2D eigenvalue weighted by molar-refractivity contribution is -0.385. The number of nitro benzene ring substituents is 1. The van der Waals surface area contributed by atoms with Crippen LogP contribution in [0, 0.1) is 22.0 Å². The first kappa shape index (κ1) is 22.8. The van der Waals surface area contributed by atoms with E-state index in [4.69, 9.17) is 9.47 Å². The van der Waals surface area contributed by atoms with Crippen LogP contribution in [0.4, 0.5) is 5.69 Å². The number of methoxy groups -OCH3 is 1. The van der Waals surface area contributed by atoms with Crippen molar-refractivity contribution in [1.82, 2.24) is 9.80 Å². The molecular formula is C22H31N3O6. The highest BCUT2D eigenvalue weighted by atomic mass is 16.6. The van der Waals surface area contributed by atoms with Crippen LogP contribution in [0.2, 0.25) is 0 Å². The Morgan fingerprint density at radius 1 is 1.13 bits per heavy atom. The SMILES string of the molecule is CCOc1cc([N+](=O)[O-])c(C(=O)N2CCC(C(=O)N3CCCC(C)C3)CC2)cc1OC. The molecule has 2 heterocycles. The van der Waals surface area contributed by atoms with E-state index in [2.05, 4.69) is 6.92 Å². The van der Waals surface area contributed by atoms with Gasteiger partial charge in [-0.25, -0.2) is 0 Å². The van der Waals surface area contributed by atoms with Crippen LogP contribution in [0.1, 0.15) is 49.9 Å². The lowest BCUT2D eigenvalue weighted by atomic mass is 9.92. The molecule has 1 unspecified atom stereocenters. The third kappa shape index (κ3) is 5.08. The maximum Gasteiger partial charge on any atom is 0.286 e. The summed E-state index contributed by atoms with van der Waals surface area (Å²) in [5.74, 6) is 0.681. The molecule has 9 heteroatoms. The van der Waals surface area contributed by atoms with Gasteiger partial charge in [-0.2, -0.15) is 0 Å². The van der Waals surface area contributed by atoms with Crippen molar-refractivity contribution in [2.24, 2.45) is 11.8 Å². The standard InChI is InChI=1S/C22H31N3O6/c1-4-31-20-13-18(25(28)29)17(12-19(20)30-3)22(27)23-10-7-16(8-11-23)21(26)24-9-5-6-15(2)14-24/h12-13,15-16H,4-11,14H2,1-3H3. The molecule has 2 fully saturated rings. The summed E-state index contributed by atoms with van der Waals surface area (Å²) in [4.78, 5) is 40.5. The maximum absolute atomic E-state index is 13.1. The molecule has 1 atom stereocenters. The van der Waals surface area contributed by atoms with Gasteiger partial charge in [0.2, 0.25) is 5.91 Å². The molecule has 2 amide bonds. The molecule has 0 N–H and O–H groups in total. The second-order valence-electron chi connectivity index (χ2n) is 8.31. The first-order valence-corrected chi connectivity index (χ1v) is 10.9. The fraction of sp³-hybridized carbons (Fsp3) is 0.636. The third-order valence-electron chi connectivity index (χ3n) is 6.11. The van der Waals surface area contributed by atoms with Gasteiger partial charge in [-0.15, -0.1) is 0 Å². The van der Waals surface area contributed by atoms with Crippen molar-refractivity contribution in [2.75, 3.05) is 39.9 Å². The van der Waals surface area contributed by atoms with Gasteiger partial charge in [0.05, 0.1) is 24.7 Å². The summed E-state index contributed by atoms with van der Waals surface area (Å²) >= 11 is 0. The fourth-order valence-corrected chi connectivity index (χ4v) is 4.45. The van der Waals surface area contributed by atoms with E-state index in [9.17, 15) is 19.7 Å². The molecule has 1 aromatic carbocycles. The Kier molecular flexibility index (Phi) is 7.35. The lowest BCUT2D eigenvalue weighted by Gasteiger charge is -2.37. The molecule has 170 valence electrons. The van der Waals surface area contributed by atoms with E-state index in [1.807, 2.05) is 4.90 Å². The molecule has 9 nitrogen and oxygen atoms in total. The maximum atomic E-state index is 13.1. The largest absolute Gasteiger partial charge is 0.493 e. The predicted molar refractivity (Wildman–Crippen MR) is 114 cm³/mol. The molecule has 3 rings (SSSR count). The van der Waals surface area contributed by atoms with Crippen LogP contribution in [-0.2, 0) is 4.79 Å². The van der Waals surface area contributed by atoms with Crippen molar-refractivity contribution in [2.45, 2.75) is 39.5 Å². The van der Waals surface area contributed by atoms with Crippen LogP contribution in [0.3, 0.4) is 0 Å². The van der Waals surface area contributed by atoms with Gasteiger partial charge in [-0.3, -0.25) is 19.7 Å². The van der Waals surface area contributed by atoms with Crippen LogP contribution in [-0.4, -0.2) is 66.4 Å². The van der Waals surface area contributed by atoms with E-state index in [-0.39, 0.29) is 34.6 Å². The Morgan fingerprint density at radius 3 is 2.42 bits per heavy atom. The summed E-state index contributed by atoms with van der Waals surface area (Å²) in [6.07, 6.45) is 3.32. The zero-order valence-electron chi connectivity index (χ0n) is 18.5. The molecule has 0 spiro atoms. The van der Waals surface area contributed by atoms with Crippen LogP contribution in [0.15, 0.2) is 12.1 Å². The summed E-state index contributed by atoms with van der Waals surface area (Å²) in [7, 11) is 1.43. The zero-order chi connectivity index (χ0) is 22.5. The average molecular weight is 434 g/mol. The van der Waals surface area contributed by atoms with Gasteiger partial charge >= 0.3 is 0 Å². The summed E-state index contributed by atoms with van der Waals surface area (Å²) in [5.41, 5.74) is -0.338. The van der Waals surface area contributed by atoms with Crippen LogP contribution >= 0.6 is 0 Å². The lowest BCUT2D eigenvalue weighted by Crippen LogP contribution is -2.47. The second kappa shape index (κ2) is 9.98. The number of likely N-dealkylation sites (tertiary alicyclic amines) is 2. The molecule has 2 saturated heterocycles. The molecule has 1 aromatic rings. The van der Waals surface area contributed by atoms with Crippen LogP contribution < -0.4 is 9.47 Å². The van der Waals surface area contributed by atoms with E-state index in [1.165, 1.54) is 19.2 Å². The number of hydrogen-bond donors (Lipinski definition) is 0. The number of nitrogens with zero attached hydrogens (tertiary/aromatic N) is 3. The number of rotatable bonds is 6. The van der Waals surface area contributed by atoms with Crippen molar-refractivity contribution in [3.05, 3.63) is 27.8 Å². The third-order valence-corrected chi connectivity index (χ3v) is 6.11. The minimum atomic E-state index is -0.580. The van der Waals surface area contributed by atoms with Crippen LogP contribution in [0.5, 0.6) is 11.5 Å². The van der Waals surface area contributed by atoms with Crippen molar-refractivity contribution in [3.63, 3.8) is 0 Å². The number of piperidine rings is 2. The molecular weight excluding hydrogens is 402 g/mol. The van der Waals surface area contributed by atoms with Crippen LogP contribution in [0.25, 0.3) is 0 Å². The Balaban J connectivity index is 1.71. The normalized spacial score (nSPS) is 19.8. The number of amides is 2. The van der Waals surface area contributed by atoms with Gasteiger partial charge in [-0.1, -0.05) is 6.92 Å². The summed E-state index contributed by atoms with van der Waals surface area (Å²) in [6.45, 7) is 6.64. The van der Waals surface area contributed by atoms with E-state index in [1.54, 1.807) is 11.8 Å². The molecule has 0 radical (unpaired) electrons. The van der Waals surface area contributed by atoms with E-state index in [0.29, 0.717) is 38.5 Å². The second-order valence-corrected chi connectivity index (χ2v) is 8.31. The highest BCUT2D eigenvalue weighted by molar-refractivity contribution is 5.99. The van der Waals surface area contributed by atoms with Crippen molar-refractivity contribution >= 4 is 17.5 Å². The summed E-state index contributed by atoms with van der Waals surface area (Å²) in [6, 6.07) is 2.61. The molecule has 2 aliphatic heterocycles. The van der Waals surface area contributed by atoms with Crippen molar-refractivity contribution in [1.29, 1.82) is 0 Å². The molecule has 0 bridgehead atoms. The van der Waals surface area contributed by atoms with Gasteiger partial charge in [0.25, 0.3) is 11.6 Å². The first-order chi connectivity index (χ1) is 14.8. The highest BCUT2D eigenvalue weighted by Gasteiger charge is 2.34. The zero-order valence-corrected chi connectivity index (χ0v) is 18.5. The number of hydrogen-bond acceptors (Lipinski definition) is 6. The monoisotopic (exact) mass is 433 g/mol. The number of ether oxygens (including phenoxy) is 2. The quantitative estimate of drug-likeness (QED) is 0.505. The fourth-order valence-electron chi connectivity index (χ4n) is 4.45. The van der Waals surface area contributed by atoms with Gasteiger partial charge in [0.1, 0.15) is 5.56 Å². The van der Waals surface area contributed by atoms with E-state index < -0.39 is 10.8 Å². The Hall–Kier alpha value is -2.84. The van der Waals surface area contributed by atoms with Gasteiger partial charge in [-0.05, 0) is 38.5 Å². The van der Waals surface area contributed by atoms with Crippen molar-refractivity contribution < 1.29 is 24.0 Å². The molecule has 0 aromatic heterocycles. The van der Waals surface area contributed by atoms with Crippen molar-refractivity contribution in [3.8, 4) is 11.5 Å². The number of nitro groups is 1. The Bertz CT molecular complexity index is 835. The predicted octanol–water partition coefficient (Wildman–Crippen LogP) is 3.11. The smallest absolute Gasteiger partial charge is 0.286 e. The molecule has 2 aliphatic rings. The average Bonchev–Trinajstić information content (AvgIpc) is 2.78. The Morgan fingerprint density at radius 2 is 1.84 bits per heavy atom. The molecule has 0 aliphatic carbocycles. The molecule has 31 heavy (non-hydrogen) atoms. The topological polar surface area (TPSA) is 102 Å². The van der Waals surface area contributed by atoms with E-state index >= 15 is 0 Å². The number of benzene rings is 1. The Labute approximate surface area is 182 Å². The summed E-state index contributed by atoms with van der Waals surface area (Å²) < 4.78 is 10.7. The van der Waals surface area contributed by atoms with Gasteiger partial charge in [0, 0.05) is 38.2 Å². The van der Waals surface area contributed by atoms with Gasteiger partial charge < -0.3 is 19.3 Å². The molecule has 0 saturated carbocycles. The van der Waals surface area contributed by atoms with Gasteiger partial charge in [0.15, 0.2) is 11.5 Å². The number of carbonyl (C=O) groups excluding carboxylic acids is 2. The highest BCUT2D eigenvalue weighted by Crippen LogP contribution is 2.36. The van der Waals surface area contributed by atoms with E-state index in [0.717, 1.165) is 25.9 Å². The minimum Gasteiger partial charge on any atom is -0.493 e. The first-order valence-electron chi connectivity index (χ1n) is 10.9.